The lowest BCUT2D eigenvalue weighted by Crippen LogP contribution is -2.56. The summed E-state index contributed by atoms with van der Waals surface area (Å²) in [5.41, 5.74) is 2.39. The Morgan fingerprint density at radius 3 is 2.26 bits per heavy atom. The fraction of sp³-hybridized carbons (Fsp3) is 0.240. The minimum atomic E-state index is -0.336. The number of carbonyl (C=O) groups is 1. The Kier molecular flexibility index (Phi) is 5.13. The van der Waals surface area contributed by atoms with Crippen molar-refractivity contribution in [2.45, 2.75) is 24.9 Å². The first kappa shape index (κ1) is 21.0. The molecule has 2 amide bonds. The number of nitrogens with zero attached hydrogens (tertiary/aromatic N) is 4. The van der Waals surface area contributed by atoms with Gasteiger partial charge in [0.2, 0.25) is 0 Å². The molecule has 2 saturated heterocycles. The molecule has 2 atom stereocenters. The molecule has 2 aromatic heterocycles. The maximum absolute atomic E-state index is 13.4. The number of hydrogen-bond donors (Lipinski definition) is 1. The number of nitrogens with one attached hydrogen (secondary N) is 1. The topological polar surface area (TPSA) is 61.4 Å². The standard InChI is InChI=1S/C25H21F2N5OS/c26-16-3-1-15(2-4-16)22-11-21-23(34-22)24(29-14-28-21)32-19-9-10-20(32)13-31(12-19)25(33)30-18-7-5-17(27)6-8-18/h1-8,11,14,19-20H,9-10,12-13H2,(H,30,33). The van der Waals surface area contributed by atoms with Crippen molar-refractivity contribution in [3.63, 3.8) is 0 Å². The van der Waals surface area contributed by atoms with E-state index in [4.69, 9.17) is 0 Å². The van der Waals surface area contributed by atoms with E-state index in [2.05, 4.69) is 20.2 Å². The van der Waals surface area contributed by atoms with Gasteiger partial charge < -0.3 is 15.1 Å². The lowest BCUT2D eigenvalue weighted by atomic mass is 10.1. The monoisotopic (exact) mass is 477 g/mol. The van der Waals surface area contributed by atoms with Crippen LogP contribution in [0.3, 0.4) is 0 Å². The summed E-state index contributed by atoms with van der Waals surface area (Å²) in [5.74, 6) is 0.301. The highest BCUT2D eigenvalue weighted by Gasteiger charge is 2.43. The number of anilines is 2. The number of urea groups is 1. The van der Waals surface area contributed by atoms with Crippen molar-refractivity contribution in [2.75, 3.05) is 23.3 Å². The zero-order valence-electron chi connectivity index (χ0n) is 18.1. The van der Waals surface area contributed by atoms with Gasteiger partial charge >= 0.3 is 6.03 Å². The molecule has 0 saturated carbocycles. The minimum absolute atomic E-state index is 0.159. The first-order valence-corrected chi connectivity index (χ1v) is 12.0. The summed E-state index contributed by atoms with van der Waals surface area (Å²) in [6, 6.07) is 14.4. The van der Waals surface area contributed by atoms with Crippen LogP contribution in [-0.2, 0) is 0 Å². The molecule has 4 aromatic rings. The van der Waals surface area contributed by atoms with Gasteiger partial charge in [-0.15, -0.1) is 11.3 Å². The lowest BCUT2D eigenvalue weighted by molar-refractivity contribution is 0.197. The van der Waals surface area contributed by atoms with Crippen LogP contribution in [0.5, 0.6) is 0 Å². The molecular formula is C25H21F2N5OS. The second kappa shape index (κ2) is 8.32. The van der Waals surface area contributed by atoms with E-state index in [9.17, 15) is 13.6 Å². The molecule has 1 N–H and O–H groups in total. The zero-order valence-corrected chi connectivity index (χ0v) is 18.9. The predicted molar refractivity (Wildman–Crippen MR) is 129 cm³/mol. The third-order valence-corrected chi connectivity index (χ3v) is 7.70. The SMILES string of the molecule is O=C(Nc1ccc(F)cc1)N1CC2CCC(C1)N2c1ncnc2cc(-c3ccc(F)cc3)sc12. The van der Waals surface area contributed by atoms with Crippen LogP contribution >= 0.6 is 11.3 Å². The number of aromatic nitrogens is 2. The summed E-state index contributed by atoms with van der Waals surface area (Å²) >= 11 is 1.61. The van der Waals surface area contributed by atoms with Crippen LogP contribution in [0.2, 0.25) is 0 Å². The Labute approximate surface area is 198 Å². The van der Waals surface area contributed by atoms with Crippen LogP contribution in [0.25, 0.3) is 20.7 Å². The summed E-state index contributed by atoms with van der Waals surface area (Å²) in [6.07, 6.45) is 3.55. The fourth-order valence-corrected chi connectivity index (χ4v) is 6.04. The van der Waals surface area contributed by atoms with Gasteiger partial charge in [0.15, 0.2) is 5.82 Å². The van der Waals surface area contributed by atoms with Crippen LogP contribution in [0.1, 0.15) is 12.8 Å². The average Bonchev–Trinajstić information content (AvgIpc) is 3.39. The van der Waals surface area contributed by atoms with Crippen LogP contribution in [0, 0.1) is 11.6 Å². The third kappa shape index (κ3) is 3.75. The number of halogens is 2. The zero-order chi connectivity index (χ0) is 23.2. The Bertz CT molecular complexity index is 1340. The molecule has 0 spiro atoms. The number of rotatable bonds is 3. The molecule has 2 aliphatic heterocycles. The van der Waals surface area contributed by atoms with E-state index in [1.807, 2.05) is 11.0 Å². The summed E-state index contributed by atoms with van der Waals surface area (Å²) in [7, 11) is 0. The van der Waals surface area contributed by atoms with Gasteiger partial charge in [-0.1, -0.05) is 12.1 Å². The number of carbonyl (C=O) groups excluding carboxylic acids is 1. The Balaban J connectivity index is 1.25. The largest absolute Gasteiger partial charge is 0.346 e. The van der Waals surface area contributed by atoms with Crippen molar-refractivity contribution < 1.29 is 13.6 Å². The molecular weight excluding hydrogens is 456 g/mol. The number of hydrogen-bond acceptors (Lipinski definition) is 5. The van der Waals surface area contributed by atoms with Gasteiger partial charge in [0.1, 0.15) is 18.0 Å². The molecule has 34 heavy (non-hydrogen) atoms. The fourth-order valence-electron chi connectivity index (χ4n) is 4.93. The van der Waals surface area contributed by atoms with Crippen molar-refractivity contribution in [1.29, 1.82) is 0 Å². The van der Waals surface area contributed by atoms with Gasteiger partial charge in [-0.05, 0) is 60.9 Å². The number of likely N-dealkylation sites (tertiary alicyclic amines) is 1. The molecule has 9 heteroatoms. The second-order valence-electron chi connectivity index (χ2n) is 8.66. The van der Waals surface area contributed by atoms with Crippen molar-refractivity contribution in [2.24, 2.45) is 0 Å². The smallest absolute Gasteiger partial charge is 0.321 e. The lowest BCUT2D eigenvalue weighted by Gasteiger charge is -2.41. The van der Waals surface area contributed by atoms with E-state index in [0.29, 0.717) is 18.8 Å². The van der Waals surface area contributed by atoms with Crippen molar-refractivity contribution >= 4 is 39.1 Å². The summed E-state index contributed by atoms with van der Waals surface area (Å²) in [5, 5.41) is 2.87. The van der Waals surface area contributed by atoms with Crippen LogP contribution in [-0.4, -0.2) is 46.1 Å². The highest BCUT2D eigenvalue weighted by molar-refractivity contribution is 7.22. The summed E-state index contributed by atoms with van der Waals surface area (Å²) in [6.45, 7) is 1.18. The van der Waals surface area contributed by atoms with E-state index >= 15 is 0 Å². The van der Waals surface area contributed by atoms with Crippen LogP contribution in [0.15, 0.2) is 60.9 Å². The molecule has 2 bridgehead atoms. The molecule has 6 rings (SSSR count). The second-order valence-corrected chi connectivity index (χ2v) is 9.72. The van der Waals surface area contributed by atoms with E-state index in [1.165, 1.54) is 24.3 Å². The first-order chi connectivity index (χ1) is 16.5. The number of amides is 2. The summed E-state index contributed by atoms with van der Waals surface area (Å²) < 4.78 is 27.5. The van der Waals surface area contributed by atoms with E-state index < -0.39 is 0 Å². The van der Waals surface area contributed by atoms with Crippen molar-refractivity contribution in [3.05, 3.63) is 72.6 Å². The molecule has 0 aliphatic carbocycles. The minimum Gasteiger partial charge on any atom is -0.346 e. The van der Waals surface area contributed by atoms with E-state index in [-0.39, 0.29) is 29.7 Å². The van der Waals surface area contributed by atoms with Gasteiger partial charge in [-0.25, -0.2) is 23.5 Å². The van der Waals surface area contributed by atoms with Crippen LogP contribution < -0.4 is 10.2 Å². The highest BCUT2D eigenvalue weighted by atomic mass is 32.1. The molecule has 2 aliphatic rings. The van der Waals surface area contributed by atoms with Gasteiger partial charge in [0, 0.05) is 35.7 Å². The molecule has 4 heterocycles. The first-order valence-electron chi connectivity index (χ1n) is 11.2. The third-order valence-electron chi connectivity index (χ3n) is 6.53. The highest BCUT2D eigenvalue weighted by Crippen LogP contribution is 2.41. The van der Waals surface area contributed by atoms with Gasteiger partial charge in [0.05, 0.1) is 10.2 Å². The molecule has 2 fully saturated rings. The average molecular weight is 478 g/mol. The van der Waals surface area contributed by atoms with Gasteiger partial charge in [-0.3, -0.25) is 0 Å². The number of piperazine rings is 1. The van der Waals surface area contributed by atoms with E-state index in [0.717, 1.165) is 39.3 Å². The Morgan fingerprint density at radius 1 is 0.941 bits per heavy atom. The number of fused-ring (bicyclic) bond motifs is 3. The Hall–Kier alpha value is -3.59. The van der Waals surface area contributed by atoms with Crippen molar-refractivity contribution in [3.8, 4) is 10.4 Å². The summed E-state index contributed by atoms with van der Waals surface area (Å²) in [4.78, 5) is 27.2. The molecule has 2 aromatic carbocycles. The molecule has 172 valence electrons. The Morgan fingerprint density at radius 2 is 1.59 bits per heavy atom. The van der Waals surface area contributed by atoms with Crippen LogP contribution in [0.4, 0.5) is 25.1 Å². The maximum atomic E-state index is 13.4. The molecule has 0 radical (unpaired) electrons. The van der Waals surface area contributed by atoms with Gasteiger partial charge in [0.25, 0.3) is 0 Å². The predicted octanol–water partition coefficient (Wildman–Crippen LogP) is 5.52. The van der Waals surface area contributed by atoms with E-state index in [1.54, 1.807) is 41.9 Å². The molecule has 6 nitrogen and oxygen atoms in total. The van der Waals surface area contributed by atoms with Crippen molar-refractivity contribution in [1.82, 2.24) is 14.9 Å². The van der Waals surface area contributed by atoms with Gasteiger partial charge in [-0.2, -0.15) is 0 Å². The normalized spacial score (nSPS) is 19.6. The number of benzene rings is 2. The quantitative estimate of drug-likeness (QED) is 0.422. The number of thiophene rings is 1. The maximum Gasteiger partial charge on any atom is 0.321 e. The molecule has 2 unspecified atom stereocenters.